The van der Waals surface area contributed by atoms with Crippen LogP contribution in [-0.2, 0) is 11.2 Å². The molecule has 164 valence electrons. The third kappa shape index (κ3) is 4.52. The molecule has 4 heterocycles. The van der Waals surface area contributed by atoms with Crippen molar-refractivity contribution in [1.29, 1.82) is 5.26 Å². The van der Waals surface area contributed by atoms with Crippen LogP contribution in [0.25, 0.3) is 11.0 Å². The van der Waals surface area contributed by atoms with E-state index in [0.29, 0.717) is 33.5 Å². The van der Waals surface area contributed by atoms with E-state index in [1.54, 1.807) is 24.4 Å². The van der Waals surface area contributed by atoms with Crippen molar-refractivity contribution in [3.8, 4) is 6.07 Å². The lowest BCUT2D eigenvalue weighted by atomic mass is 10.1. The van der Waals surface area contributed by atoms with Crippen molar-refractivity contribution in [2.75, 3.05) is 11.1 Å². The van der Waals surface area contributed by atoms with E-state index in [2.05, 4.69) is 25.3 Å². The number of rotatable bonds is 6. The van der Waals surface area contributed by atoms with Gasteiger partial charge in [0, 0.05) is 47.6 Å². The van der Waals surface area contributed by atoms with E-state index in [1.165, 1.54) is 24.7 Å². The maximum absolute atomic E-state index is 13.3. The van der Waals surface area contributed by atoms with Crippen molar-refractivity contribution in [3.63, 3.8) is 0 Å². The molecule has 4 rings (SSSR count). The summed E-state index contributed by atoms with van der Waals surface area (Å²) in [7, 11) is 0. The Bertz CT molecular complexity index is 1400. The van der Waals surface area contributed by atoms with Gasteiger partial charge < -0.3 is 15.6 Å². The van der Waals surface area contributed by atoms with Gasteiger partial charge in [0.15, 0.2) is 0 Å². The zero-order valence-corrected chi connectivity index (χ0v) is 18.0. The predicted molar refractivity (Wildman–Crippen MR) is 121 cm³/mol. The highest BCUT2D eigenvalue weighted by molar-refractivity contribution is 6.15. The molecule has 3 N–H and O–H groups in total. The summed E-state index contributed by atoms with van der Waals surface area (Å²) in [5, 5.41) is 12.2. The van der Waals surface area contributed by atoms with Crippen molar-refractivity contribution >= 4 is 34.4 Å². The number of aromatic nitrogens is 5. The van der Waals surface area contributed by atoms with Crippen LogP contribution in [0.3, 0.4) is 0 Å². The van der Waals surface area contributed by atoms with Crippen LogP contribution >= 0.6 is 0 Å². The first-order valence-corrected chi connectivity index (χ1v) is 10.1. The maximum atomic E-state index is 13.3. The Labute approximate surface area is 189 Å². The second kappa shape index (κ2) is 8.84. The summed E-state index contributed by atoms with van der Waals surface area (Å²) in [5.41, 5.74) is 8.25. The van der Waals surface area contributed by atoms with E-state index in [9.17, 15) is 9.59 Å². The van der Waals surface area contributed by atoms with Gasteiger partial charge in [-0.05, 0) is 38.1 Å². The first kappa shape index (κ1) is 21.6. The normalized spacial score (nSPS) is 10.8. The van der Waals surface area contributed by atoms with E-state index in [0.717, 1.165) is 0 Å². The quantitative estimate of drug-likeness (QED) is 0.434. The van der Waals surface area contributed by atoms with Crippen LogP contribution in [-0.4, -0.2) is 36.2 Å². The van der Waals surface area contributed by atoms with Crippen LogP contribution in [0, 0.1) is 11.3 Å². The lowest BCUT2D eigenvalue weighted by Crippen LogP contribution is -2.16. The molecule has 4 aromatic heterocycles. The highest BCUT2D eigenvalue weighted by Gasteiger charge is 2.21. The van der Waals surface area contributed by atoms with Gasteiger partial charge in [0.2, 0.25) is 17.6 Å². The molecule has 0 unspecified atom stereocenters. The minimum absolute atomic E-state index is 0.0257. The van der Waals surface area contributed by atoms with Crippen LogP contribution in [0.1, 0.15) is 47.2 Å². The summed E-state index contributed by atoms with van der Waals surface area (Å²) in [5.74, 6) is -0.504. The van der Waals surface area contributed by atoms with Crippen molar-refractivity contribution in [2.45, 2.75) is 26.3 Å². The number of anilines is 2. The summed E-state index contributed by atoms with van der Waals surface area (Å²) < 4.78 is 1.86. The smallest absolute Gasteiger partial charge is 0.230 e. The number of nitriles is 1. The first-order chi connectivity index (χ1) is 15.9. The molecule has 1 amide bonds. The zero-order valence-electron chi connectivity index (χ0n) is 18.0. The number of nitrogens with two attached hydrogens (primary N) is 1. The van der Waals surface area contributed by atoms with E-state index in [1.807, 2.05) is 24.5 Å². The van der Waals surface area contributed by atoms with Crippen molar-refractivity contribution in [3.05, 3.63) is 71.6 Å². The molecule has 0 spiro atoms. The largest absolute Gasteiger partial charge is 0.368 e. The molecule has 0 saturated heterocycles. The Morgan fingerprint density at radius 2 is 2.00 bits per heavy atom. The van der Waals surface area contributed by atoms with Crippen LogP contribution in [0.5, 0.6) is 0 Å². The Balaban J connectivity index is 1.57. The van der Waals surface area contributed by atoms with Crippen molar-refractivity contribution in [1.82, 2.24) is 24.5 Å². The third-order valence-corrected chi connectivity index (χ3v) is 4.96. The molecule has 10 nitrogen and oxygen atoms in total. The van der Waals surface area contributed by atoms with Gasteiger partial charge in [0.05, 0.1) is 17.5 Å². The molecule has 0 saturated carbocycles. The number of pyridine rings is 2. The summed E-state index contributed by atoms with van der Waals surface area (Å²) in [6.07, 6.45) is 6.14. The first-order valence-electron chi connectivity index (χ1n) is 10.1. The number of amides is 1. The fraction of sp³-hybridized carbons (Fsp3) is 0.174. The summed E-state index contributed by atoms with van der Waals surface area (Å²) in [6, 6.07) is 8.38. The number of carbonyl (C=O) groups is 2. The topological polar surface area (TPSA) is 152 Å². The Kier molecular flexibility index (Phi) is 5.78. The Morgan fingerprint density at radius 3 is 2.70 bits per heavy atom. The molecular weight excluding hydrogens is 420 g/mol. The number of hydrogen-bond donors (Lipinski definition) is 2. The molecule has 0 aliphatic heterocycles. The molecule has 0 bridgehead atoms. The van der Waals surface area contributed by atoms with Crippen molar-refractivity contribution in [2.24, 2.45) is 0 Å². The maximum Gasteiger partial charge on any atom is 0.230 e. The Morgan fingerprint density at radius 1 is 1.18 bits per heavy atom. The molecule has 0 aromatic carbocycles. The number of fused-ring (bicyclic) bond motifs is 1. The van der Waals surface area contributed by atoms with Gasteiger partial charge in [-0.1, -0.05) is 0 Å². The molecule has 0 aliphatic carbocycles. The second-order valence-electron chi connectivity index (χ2n) is 7.64. The number of hydrogen-bond acceptors (Lipinski definition) is 8. The van der Waals surface area contributed by atoms with Gasteiger partial charge in [0.25, 0.3) is 0 Å². The fourth-order valence-corrected chi connectivity index (χ4v) is 3.35. The number of nitrogens with zero attached hydrogens (tertiary/aromatic N) is 6. The van der Waals surface area contributed by atoms with Gasteiger partial charge >= 0.3 is 0 Å². The van der Waals surface area contributed by atoms with Crippen molar-refractivity contribution < 1.29 is 9.59 Å². The third-order valence-electron chi connectivity index (χ3n) is 4.96. The average molecular weight is 440 g/mol. The average Bonchev–Trinajstić information content (AvgIpc) is 3.18. The van der Waals surface area contributed by atoms with E-state index in [-0.39, 0.29) is 35.8 Å². The lowest BCUT2D eigenvalue weighted by molar-refractivity contribution is -0.115. The van der Waals surface area contributed by atoms with Crippen LogP contribution < -0.4 is 11.1 Å². The van der Waals surface area contributed by atoms with Crippen LogP contribution in [0.2, 0.25) is 0 Å². The number of nitrogen functional groups attached to an aromatic ring is 1. The summed E-state index contributed by atoms with van der Waals surface area (Å²) >= 11 is 0. The van der Waals surface area contributed by atoms with Gasteiger partial charge in [-0.15, -0.1) is 0 Å². The molecule has 0 atom stereocenters. The zero-order chi connectivity index (χ0) is 23.5. The van der Waals surface area contributed by atoms with E-state index >= 15 is 0 Å². The highest BCUT2D eigenvalue weighted by atomic mass is 16.1. The molecule has 0 fully saturated rings. The molecule has 10 heteroatoms. The number of nitrogens with one attached hydrogen (secondary N) is 1. The standard InChI is InChI=1S/C23H20N8O2/c1-13(2)31-12-18(17-11-28-23(25)30-22(17)31)21(33)19-7-16(5-6-26-19)29-20(32)8-15-4-3-14(9-24)10-27-15/h3-7,10-13H,8H2,1-2H3,(H2,25,28,30)(H,26,29,32). The van der Waals surface area contributed by atoms with E-state index in [4.69, 9.17) is 11.0 Å². The van der Waals surface area contributed by atoms with Gasteiger partial charge in [0.1, 0.15) is 17.4 Å². The minimum Gasteiger partial charge on any atom is -0.368 e. The summed E-state index contributed by atoms with van der Waals surface area (Å²) in [4.78, 5) is 42.3. The number of carbonyl (C=O) groups excluding carboxylic acids is 2. The van der Waals surface area contributed by atoms with Crippen LogP contribution in [0.4, 0.5) is 11.6 Å². The van der Waals surface area contributed by atoms with Gasteiger partial charge in [-0.25, -0.2) is 4.98 Å². The second-order valence-corrected chi connectivity index (χ2v) is 7.64. The number of ketones is 1. The molecule has 4 aromatic rings. The van der Waals surface area contributed by atoms with Gasteiger partial charge in [-0.3, -0.25) is 19.6 Å². The molecular formula is C23H20N8O2. The fourth-order valence-electron chi connectivity index (χ4n) is 3.35. The Hall–Kier alpha value is -4.65. The molecule has 0 radical (unpaired) electrons. The van der Waals surface area contributed by atoms with Crippen LogP contribution in [0.15, 0.2) is 49.1 Å². The minimum atomic E-state index is -0.322. The lowest BCUT2D eigenvalue weighted by Gasteiger charge is -2.07. The SMILES string of the molecule is CC(C)n1cc(C(=O)c2cc(NC(=O)Cc3ccc(C#N)cn3)ccn2)c2cnc(N)nc21. The van der Waals surface area contributed by atoms with Gasteiger partial charge in [-0.2, -0.15) is 10.2 Å². The summed E-state index contributed by atoms with van der Waals surface area (Å²) in [6.45, 7) is 3.95. The predicted octanol–water partition coefficient (Wildman–Crippen LogP) is 2.67. The molecule has 0 aliphatic rings. The van der Waals surface area contributed by atoms with E-state index < -0.39 is 0 Å². The molecule has 33 heavy (non-hydrogen) atoms. The monoisotopic (exact) mass is 440 g/mol. The highest BCUT2D eigenvalue weighted by Crippen LogP contribution is 2.25.